The van der Waals surface area contributed by atoms with Crippen LogP contribution in [0.15, 0.2) is 60.7 Å². The standard InChI is InChI=1S/C29H33N3O3/c1-5-24(28(34)30-16-19(2)3)31(17-21-14-12-20(4)13-15-21)26(33)18-32-25-11-7-9-22-8-6-10-23(27(22)25)29(32)35/h6-15,19,24H,5,16-18H2,1-4H3,(H,30,34)/t24-/m0/s1. The molecule has 0 aliphatic carbocycles. The number of carbonyl (C=O) groups is 3. The Morgan fingerprint density at radius 3 is 2.34 bits per heavy atom. The number of hydrogen-bond donors (Lipinski definition) is 1. The molecular formula is C29H33N3O3. The maximum absolute atomic E-state index is 13.8. The van der Waals surface area contributed by atoms with Crippen molar-refractivity contribution in [3.05, 3.63) is 77.4 Å². The number of hydrogen-bond acceptors (Lipinski definition) is 3. The van der Waals surface area contributed by atoms with Gasteiger partial charge in [-0.1, -0.05) is 74.9 Å². The molecule has 0 bridgehead atoms. The van der Waals surface area contributed by atoms with Crippen molar-refractivity contribution in [1.29, 1.82) is 0 Å². The van der Waals surface area contributed by atoms with Crippen molar-refractivity contribution >= 4 is 34.2 Å². The van der Waals surface area contributed by atoms with Crippen molar-refractivity contribution in [3.8, 4) is 0 Å². The topological polar surface area (TPSA) is 69.7 Å². The fraction of sp³-hybridized carbons (Fsp3) is 0.345. The van der Waals surface area contributed by atoms with E-state index in [1.165, 1.54) is 0 Å². The molecule has 0 spiro atoms. The van der Waals surface area contributed by atoms with Crippen LogP contribution in [-0.2, 0) is 16.1 Å². The highest BCUT2D eigenvalue weighted by Crippen LogP contribution is 2.37. The van der Waals surface area contributed by atoms with E-state index < -0.39 is 6.04 Å². The molecule has 6 nitrogen and oxygen atoms in total. The molecule has 1 atom stereocenters. The molecular weight excluding hydrogens is 438 g/mol. The quantitative estimate of drug-likeness (QED) is 0.492. The smallest absolute Gasteiger partial charge is 0.259 e. The number of carbonyl (C=O) groups excluding carboxylic acids is 3. The van der Waals surface area contributed by atoms with Gasteiger partial charge < -0.3 is 10.2 Å². The lowest BCUT2D eigenvalue weighted by Crippen LogP contribution is -2.52. The predicted octanol–water partition coefficient (Wildman–Crippen LogP) is 4.69. The van der Waals surface area contributed by atoms with E-state index in [9.17, 15) is 14.4 Å². The Bertz CT molecular complexity index is 1240. The summed E-state index contributed by atoms with van der Waals surface area (Å²) in [5.41, 5.74) is 3.42. The number of anilines is 1. The summed E-state index contributed by atoms with van der Waals surface area (Å²) >= 11 is 0. The maximum Gasteiger partial charge on any atom is 0.259 e. The van der Waals surface area contributed by atoms with E-state index in [0.717, 1.165) is 27.6 Å². The van der Waals surface area contributed by atoms with Gasteiger partial charge in [0, 0.05) is 24.0 Å². The highest BCUT2D eigenvalue weighted by Gasteiger charge is 2.35. The first-order valence-electron chi connectivity index (χ1n) is 12.3. The van der Waals surface area contributed by atoms with Crippen molar-refractivity contribution in [2.24, 2.45) is 5.92 Å². The van der Waals surface area contributed by atoms with Crippen LogP contribution in [0.1, 0.15) is 48.7 Å². The molecule has 1 aliphatic rings. The molecule has 0 aromatic heterocycles. The summed E-state index contributed by atoms with van der Waals surface area (Å²) in [4.78, 5) is 43.3. The Hall–Kier alpha value is -3.67. The number of aryl methyl sites for hydroxylation is 1. The first-order chi connectivity index (χ1) is 16.8. The molecule has 4 rings (SSSR count). The molecule has 182 valence electrons. The van der Waals surface area contributed by atoms with Crippen LogP contribution < -0.4 is 10.2 Å². The van der Waals surface area contributed by atoms with Crippen molar-refractivity contribution < 1.29 is 14.4 Å². The minimum Gasteiger partial charge on any atom is -0.354 e. The molecule has 3 amide bonds. The molecule has 0 saturated heterocycles. The number of nitrogens with zero attached hydrogens (tertiary/aromatic N) is 2. The molecule has 0 fully saturated rings. The van der Waals surface area contributed by atoms with Crippen LogP contribution in [0.5, 0.6) is 0 Å². The molecule has 1 heterocycles. The Balaban J connectivity index is 1.63. The summed E-state index contributed by atoms with van der Waals surface area (Å²) in [6.45, 7) is 8.72. The van der Waals surface area contributed by atoms with Gasteiger partial charge in [0.15, 0.2) is 0 Å². The van der Waals surface area contributed by atoms with Crippen molar-refractivity contribution in [3.63, 3.8) is 0 Å². The summed E-state index contributed by atoms with van der Waals surface area (Å²) in [6.07, 6.45) is 0.477. The monoisotopic (exact) mass is 471 g/mol. The summed E-state index contributed by atoms with van der Waals surface area (Å²) < 4.78 is 0. The van der Waals surface area contributed by atoms with Gasteiger partial charge in [-0.2, -0.15) is 0 Å². The van der Waals surface area contributed by atoms with Gasteiger partial charge in [0.2, 0.25) is 11.8 Å². The van der Waals surface area contributed by atoms with Gasteiger partial charge in [-0.15, -0.1) is 0 Å². The molecule has 0 saturated carbocycles. The van der Waals surface area contributed by atoms with Gasteiger partial charge >= 0.3 is 0 Å². The fourth-order valence-corrected chi connectivity index (χ4v) is 4.59. The third-order valence-electron chi connectivity index (χ3n) is 6.49. The Labute approximate surface area is 206 Å². The van der Waals surface area contributed by atoms with E-state index in [1.807, 2.05) is 82.3 Å². The van der Waals surface area contributed by atoms with Crippen LogP contribution in [-0.4, -0.2) is 41.8 Å². The molecule has 1 N–H and O–H groups in total. The van der Waals surface area contributed by atoms with Crippen molar-refractivity contribution in [2.45, 2.75) is 46.7 Å². The molecule has 3 aromatic carbocycles. The predicted molar refractivity (Wildman–Crippen MR) is 139 cm³/mol. The summed E-state index contributed by atoms with van der Waals surface area (Å²) in [7, 11) is 0. The number of nitrogens with one attached hydrogen (secondary N) is 1. The summed E-state index contributed by atoms with van der Waals surface area (Å²) in [5, 5.41) is 4.83. The summed E-state index contributed by atoms with van der Waals surface area (Å²) in [5.74, 6) is -0.299. The zero-order valence-electron chi connectivity index (χ0n) is 20.9. The minimum atomic E-state index is -0.626. The zero-order valence-corrected chi connectivity index (χ0v) is 20.9. The van der Waals surface area contributed by atoms with E-state index >= 15 is 0 Å². The third-order valence-corrected chi connectivity index (χ3v) is 6.49. The van der Waals surface area contributed by atoms with Gasteiger partial charge in [-0.25, -0.2) is 0 Å². The number of rotatable bonds is 9. The van der Waals surface area contributed by atoms with Gasteiger partial charge in [-0.3, -0.25) is 19.3 Å². The molecule has 1 aliphatic heterocycles. The Kier molecular flexibility index (Phi) is 7.20. The number of amides is 3. The largest absolute Gasteiger partial charge is 0.354 e. The van der Waals surface area contributed by atoms with Crippen LogP contribution >= 0.6 is 0 Å². The normalized spacial score (nSPS) is 13.4. The zero-order chi connectivity index (χ0) is 25.1. The van der Waals surface area contributed by atoms with E-state index in [4.69, 9.17) is 0 Å². The lowest BCUT2D eigenvalue weighted by atomic mass is 10.1. The molecule has 3 aromatic rings. The average Bonchev–Trinajstić information content (AvgIpc) is 3.11. The SMILES string of the molecule is CC[C@@H](C(=O)NCC(C)C)N(Cc1ccc(C)cc1)C(=O)CN1C(=O)c2cccc3cccc1c23. The molecule has 35 heavy (non-hydrogen) atoms. The second-order valence-electron chi connectivity index (χ2n) is 9.64. The van der Waals surface area contributed by atoms with E-state index in [-0.39, 0.29) is 24.3 Å². The number of benzene rings is 3. The van der Waals surface area contributed by atoms with Crippen LogP contribution in [0.4, 0.5) is 5.69 Å². The van der Waals surface area contributed by atoms with Crippen LogP contribution in [0.3, 0.4) is 0 Å². The highest BCUT2D eigenvalue weighted by molar-refractivity contribution is 6.26. The first kappa shape index (κ1) is 24.5. The molecule has 0 unspecified atom stereocenters. The Morgan fingerprint density at radius 1 is 1.00 bits per heavy atom. The Morgan fingerprint density at radius 2 is 1.69 bits per heavy atom. The van der Waals surface area contributed by atoms with Crippen molar-refractivity contribution in [1.82, 2.24) is 10.2 Å². The van der Waals surface area contributed by atoms with Gasteiger partial charge in [0.25, 0.3) is 5.91 Å². The summed E-state index contributed by atoms with van der Waals surface area (Å²) in [6, 6.07) is 18.7. The average molecular weight is 472 g/mol. The molecule has 6 heteroatoms. The van der Waals surface area contributed by atoms with Crippen molar-refractivity contribution in [2.75, 3.05) is 18.0 Å². The second-order valence-corrected chi connectivity index (χ2v) is 9.64. The van der Waals surface area contributed by atoms with E-state index in [0.29, 0.717) is 31.0 Å². The van der Waals surface area contributed by atoms with Gasteiger partial charge in [-0.05, 0) is 42.3 Å². The second kappa shape index (κ2) is 10.3. The van der Waals surface area contributed by atoms with Crippen LogP contribution in [0, 0.1) is 12.8 Å². The van der Waals surface area contributed by atoms with Crippen LogP contribution in [0.2, 0.25) is 0 Å². The highest BCUT2D eigenvalue weighted by atomic mass is 16.2. The lowest BCUT2D eigenvalue weighted by Gasteiger charge is -2.32. The fourth-order valence-electron chi connectivity index (χ4n) is 4.59. The van der Waals surface area contributed by atoms with Gasteiger partial charge in [0.05, 0.1) is 5.69 Å². The third kappa shape index (κ3) is 5.06. The van der Waals surface area contributed by atoms with E-state index in [1.54, 1.807) is 15.9 Å². The first-order valence-corrected chi connectivity index (χ1v) is 12.3. The van der Waals surface area contributed by atoms with Crippen LogP contribution in [0.25, 0.3) is 10.8 Å². The van der Waals surface area contributed by atoms with Gasteiger partial charge in [0.1, 0.15) is 12.6 Å². The lowest BCUT2D eigenvalue weighted by molar-refractivity contribution is -0.140. The van der Waals surface area contributed by atoms with E-state index in [2.05, 4.69) is 5.32 Å². The maximum atomic E-state index is 13.8. The minimum absolute atomic E-state index is 0.119. The molecule has 0 radical (unpaired) electrons.